The van der Waals surface area contributed by atoms with Crippen LogP contribution in [0, 0.1) is 5.92 Å². The third-order valence-electron chi connectivity index (χ3n) is 3.83. The van der Waals surface area contributed by atoms with Gasteiger partial charge in [0.15, 0.2) is 0 Å². The molecule has 1 aromatic heterocycles. The first-order valence-corrected chi connectivity index (χ1v) is 6.66. The second-order valence-electron chi connectivity index (χ2n) is 5.01. The third kappa shape index (κ3) is 2.24. The summed E-state index contributed by atoms with van der Waals surface area (Å²) in [5.74, 6) is -0.242. The highest BCUT2D eigenvalue weighted by molar-refractivity contribution is 5.85. The molecule has 0 amide bonds. The number of aromatic nitrogens is 1. The number of hydrogen-bond acceptors (Lipinski definition) is 3. The second kappa shape index (κ2) is 5.05. The molecule has 0 saturated heterocycles. The minimum atomic E-state index is -0.134. The lowest BCUT2D eigenvalue weighted by Gasteiger charge is -2.19. The molecule has 1 unspecified atom stereocenters. The molecule has 19 heavy (non-hydrogen) atoms. The number of para-hydroxylation sites is 1. The van der Waals surface area contributed by atoms with E-state index in [2.05, 4.69) is 22.4 Å². The van der Waals surface area contributed by atoms with Crippen LogP contribution < -0.4 is 5.32 Å². The molecule has 2 N–H and O–H groups in total. The highest BCUT2D eigenvalue weighted by atomic mass is 16.5. The first-order chi connectivity index (χ1) is 9.29. The average molecular weight is 258 g/mol. The Labute approximate surface area is 112 Å². The largest absolute Gasteiger partial charge is 0.469 e. The van der Waals surface area contributed by atoms with Crippen LogP contribution in [0.4, 0.5) is 0 Å². The van der Waals surface area contributed by atoms with Crippen LogP contribution in [0.2, 0.25) is 0 Å². The van der Waals surface area contributed by atoms with E-state index in [4.69, 9.17) is 4.74 Å². The maximum atomic E-state index is 11.8. The number of nitrogens with one attached hydrogen (secondary N) is 2. The molecule has 100 valence electrons. The fourth-order valence-electron chi connectivity index (χ4n) is 2.84. The van der Waals surface area contributed by atoms with Crippen molar-refractivity contribution in [1.82, 2.24) is 10.3 Å². The summed E-state index contributed by atoms with van der Waals surface area (Å²) < 4.78 is 4.90. The van der Waals surface area contributed by atoms with Gasteiger partial charge >= 0.3 is 5.97 Å². The first-order valence-electron chi connectivity index (χ1n) is 6.66. The number of H-pyrrole nitrogens is 1. The van der Waals surface area contributed by atoms with Gasteiger partial charge in [-0.2, -0.15) is 0 Å². The van der Waals surface area contributed by atoms with Crippen LogP contribution in [0.25, 0.3) is 10.9 Å². The van der Waals surface area contributed by atoms with Crippen molar-refractivity contribution >= 4 is 16.9 Å². The highest BCUT2D eigenvalue weighted by Gasteiger charge is 2.24. The van der Waals surface area contributed by atoms with Crippen LogP contribution in [0.1, 0.15) is 11.3 Å². The van der Waals surface area contributed by atoms with E-state index < -0.39 is 0 Å². The summed E-state index contributed by atoms with van der Waals surface area (Å²) in [5, 5.41) is 4.55. The zero-order valence-corrected chi connectivity index (χ0v) is 11.0. The van der Waals surface area contributed by atoms with E-state index in [1.807, 2.05) is 12.1 Å². The van der Waals surface area contributed by atoms with Crippen molar-refractivity contribution in [3.05, 3.63) is 35.5 Å². The Hall–Kier alpha value is -1.81. The van der Waals surface area contributed by atoms with Gasteiger partial charge in [0, 0.05) is 36.1 Å². The predicted octanol–water partition coefficient (Wildman–Crippen LogP) is 1.65. The van der Waals surface area contributed by atoms with Gasteiger partial charge < -0.3 is 15.0 Å². The number of methoxy groups -OCH3 is 1. The summed E-state index contributed by atoms with van der Waals surface area (Å²) in [6.45, 7) is 1.57. The first kappa shape index (κ1) is 12.2. The van der Waals surface area contributed by atoms with Gasteiger partial charge in [0.1, 0.15) is 0 Å². The number of esters is 1. The molecule has 0 fully saturated rings. The molecule has 2 aromatic rings. The number of fused-ring (bicyclic) bond motifs is 3. The third-order valence-corrected chi connectivity index (χ3v) is 3.83. The Kier molecular flexibility index (Phi) is 3.25. The molecule has 1 aliphatic heterocycles. The SMILES string of the molecule is COC(=O)C1CNCCc2[nH]c3ccccc3c2C1. The van der Waals surface area contributed by atoms with E-state index in [0.29, 0.717) is 6.54 Å². The molecule has 0 bridgehead atoms. The summed E-state index contributed by atoms with van der Waals surface area (Å²) in [6, 6.07) is 8.28. The van der Waals surface area contributed by atoms with E-state index in [1.54, 1.807) is 0 Å². The number of aromatic amines is 1. The Morgan fingerprint density at radius 3 is 3.05 bits per heavy atom. The van der Waals surface area contributed by atoms with Gasteiger partial charge in [0.2, 0.25) is 0 Å². The normalized spacial score (nSPS) is 19.5. The number of hydrogen-bond donors (Lipinski definition) is 2. The molecule has 0 saturated carbocycles. The van der Waals surface area contributed by atoms with Gasteiger partial charge in [-0.3, -0.25) is 4.79 Å². The van der Waals surface area contributed by atoms with Crippen LogP contribution in [-0.2, 0) is 22.4 Å². The lowest BCUT2D eigenvalue weighted by Crippen LogP contribution is -2.34. The standard InChI is InChI=1S/C15H18N2O2/c1-19-15(18)10-8-12-11-4-2-3-5-13(11)17-14(12)6-7-16-9-10/h2-5,10,16-17H,6-9H2,1H3. The van der Waals surface area contributed by atoms with Crippen molar-refractivity contribution in [2.75, 3.05) is 20.2 Å². The predicted molar refractivity (Wildman–Crippen MR) is 74.1 cm³/mol. The van der Waals surface area contributed by atoms with Crippen molar-refractivity contribution in [2.45, 2.75) is 12.8 Å². The number of carbonyl (C=O) groups is 1. The van der Waals surface area contributed by atoms with Crippen molar-refractivity contribution in [2.24, 2.45) is 5.92 Å². The summed E-state index contributed by atoms with van der Waals surface area (Å²) in [5.41, 5.74) is 3.66. The van der Waals surface area contributed by atoms with Crippen molar-refractivity contribution in [3.63, 3.8) is 0 Å². The van der Waals surface area contributed by atoms with E-state index in [1.165, 1.54) is 23.8 Å². The number of carbonyl (C=O) groups excluding carboxylic acids is 1. The lowest BCUT2D eigenvalue weighted by molar-refractivity contribution is -0.145. The fourth-order valence-corrected chi connectivity index (χ4v) is 2.84. The topological polar surface area (TPSA) is 54.1 Å². The zero-order chi connectivity index (χ0) is 13.2. The van der Waals surface area contributed by atoms with Gasteiger partial charge in [-0.05, 0) is 18.1 Å². The monoisotopic (exact) mass is 258 g/mol. The maximum Gasteiger partial charge on any atom is 0.310 e. The maximum absolute atomic E-state index is 11.8. The molecule has 0 aliphatic carbocycles. The van der Waals surface area contributed by atoms with Gasteiger partial charge in [-0.1, -0.05) is 18.2 Å². The number of benzene rings is 1. The smallest absolute Gasteiger partial charge is 0.310 e. The zero-order valence-electron chi connectivity index (χ0n) is 11.0. The van der Waals surface area contributed by atoms with Crippen molar-refractivity contribution < 1.29 is 9.53 Å². The summed E-state index contributed by atoms with van der Waals surface area (Å²) in [6.07, 6.45) is 1.71. The quantitative estimate of drug-likeness (QED) is 0.765. The average Bonchev–Trinajstić information content (AvgIpc) is 2.75. The summed E-state index contributed by atoms with van der Waals surface area (Å²) in [7, 11) is 1.46. The molecule has 0 radical (unpaired) electrons. The molecule has 4 nitrogen and oxygen atoms in total. The van der Waals surface area contributed by atoms with Crippen LogP contribution in [0.3, 0.4) is 0 Å². The Morgan fingerprint density at radius 1 is 1.37 bits per heavy atom. The van der Waals surface area contributed by atoms with Crippen LogP contribution >= 0.6 is 0 Å². The van der Waals surface area contributed by atoms with Gasteiger partial charge in [-0.15, -0.1) is 0 Å². The van der Waals surface area contributed by atoms with E-state index in [0.717, 1.165) is 24.9 Å². The summed E-state index contributed by atoms with van der Waals surface area (Å²) in [4.78, 5) is 15.3. The molecule has 1 aromatic carbocycles. The molecular formula is C15H18N2O2. The molecule has 1 aliphatic rings. The van der Waals surface area contributed by atoms with Crippen molar-refractivity contribution in [3.8, 4) is 0 Å². The van der Waals surface area contributed by atoms with E-state index >= 15 is 0 Å². The highest BCUT2D eigenvalue weighted by Crippen LogP contribution is 2.26. The number of rotatable bonds is 1. The Morgan fingerprint density at radius 2 is 2.21 bits per heavy atom. The van der Waals surface area contributed by atoms with Crippen LogP contribution in [0.5, 0.6) is 0 Å². The molecule has 3 rings (SSSR count). The molecule has 1 atom stereocenters. The number of ether oxygens (including phenoxy) is 1. The second-order valence-corrected chi connectivity index (χ2v) is 5.01. The van der Waals surface area contributed by atoms with E-state index in [9.17, 15) is 4.79 Å². The van der Waals surface area contributed by atoms with Gasteiger partial charge in [-0.25, -0.2) is 0 Å². The molecule has 0 spiro atoms. The van der Waals surface area contributed by atoms with Crippen molar-refractivity contribution in [1.29, 1.82) is 0 Å². The van der Waals surface area contributed by atoms with Crippen LogP contribution in [-0.4, -0.2) is 31.2 Å². The molecule has 4 heteroatoms. The minimum absolute atomic E-state index is 0.108. The summed E-state index contributed by atoms with van der Waals surface area (Å²) >= 11 is 0. The minimum Gasteiger partial charge on any atom is -0.469 e. The fraction of sp³-hybridized carbons (Fsp3) is 0.400. The molecular weight excluding hydrogens is 240 g/mol. The van der Waals surface area contributed by atoms with E-state index in [-0.39, 0.29) is 11.9 Å². The Bertz CT molecular complexity index is 603. The Balaban J connectivity index is 2.04. The lowest BCUT2D eigenvalue weighted by atomic mass is 9.94. The molecule has 2 heterocycles. The van der Waals surface area contributed by atoms with Crippen LogP contribution in [0.15, 0.2) is 24.3 Å². The van der Waals surface area contributed by atoms with Gasteiger partial charge in [0.25, 0.3) is 0 Å². The van der Waals surface area contributed by atoms with Gasteiger partial charge in [0.05, 0.1) is 13.0 Å².